The predicted molar refractivity (Wildman–Crippen MR) is 194 cm³/mol. The summed E-state index contributed by atoms with van der Waals surface area (Å²) in [5.41, 5.74) is 0.923. The standard InChI is InChI=1S/C36H47ClN4O8S/c1-24-21-41(25(2)23-42)35(43)32-20-29(39-50(45,46)31-16-9-27(37)10-17-31)13-18-33(32)49-26(3)8-6-7-19-48-34(24)22-40(4)36(44)38-28-11-14-30(47-5)15-12-28/h9-18,20,24-26,34,39,42H,6-8,19,21-23H2,1-5H3,(H,38,44)/t24-,25-,26-,34-/m0/s1. The molecule has 4 atom stereocenters. The van der Waals surface area contributed by atoms with Crippen LogP contribution in [0.4, 0.5) is 16.2 Å². The smallest absolute Gasteiger partial charge is 0.321 e. The van der Waals surface area contributed by atoms with Gasteiger partial charge < -0.3 is 34.4 Å². The highest BCUT2D eigenvalue weighted by Crippen LogP contribution is 2.30. The molecule has 3 aromatic carbocycles. The topological polar surface area (TPSA) is 147 Å². The van der Waals surface area contributed by atoms with Crippen LogP contribution in [0.15, 0.2) is 71.6 Å². The van der Waals surface area contributed by atoms with Crippen molar-refractivity contribution in [2.45, 2.75) is 63.2 Å². The van der Waals surface area contributed by atoms with Crippen molar-refractivity contribution in [1.29, 1.82) is 0 Å². The van der Waals surface area contributed by atoms with Crippen LogP contribution in [-0.2, 0) is 14.8 Å². The molecule has 50 heavy (non-hydrogen) atoms. The minimum atomic E-state index is -4.00. The number of carbonyl (C=O) groups excluding carboxylic acids is 2. The number of aliphatic hydroxyl groups excluding tert-OH is 1. The van der Waals surface area contributed by atoms with Crippen molar-refractivity contribution in [3.05, 3.63) is 77.3 Å². The number of hydrogen-bond acceptors (Lipinski definition) is 8. The highest BCUT2D eigenvalue weighted by atomic mass is 35.5. The molecule has 0 radical (unpaired) electrons. The monoisotopic (exact) mass is 730 g/mol. The number of halogens is 1. The summed E-state index contributed by atoms with van der Waals surface area (Å²) in [5, 5.41) is 13.5. The third-order valence-corrected chi connectivity index (χ3v) is 10.2. The van der Waals surface area contributed by atoms with Gasteiger partial charge in [0.15, 0.2) is 0 Å². The lowest BCUT2D eigenvalue weighted by Gasteiger charge is -2.35. The Hall–Kier alpha value is -4.04. The van der Waals surface area contributed by atoms with Crippen LogP contribution in [0.3, 0.4) is 0 Å². The van der Waals surface area contributed by atoms with Crippen LogP contribution in [0, 0.1) is 5.92 Å². The number of fused-ring (bicyclic) bond motifs is 1. The quantitative estimate of drug-likeness (QED) is 0.239. The molecule has 0 aliphatic carbocycles. The van der Waals surface area contributed by atoms with Crippen LogP contribution < -0.4 is 19.5 Å². The maximum Gasteiger partial charge on any atom is 0.321 e. The van der Waals surface area contributed by atoms with Crippen molar-refractivity contribution in [2.24, 2.45) is 5.92 Å². The fourth-order valence-corrected chi connectivity index (χ4v) is 6.70. The Bertz CT molecular complexity index is 1690. The second kappa shape index (κ2) is 17.8. The molecule has 4 rings (SSSR count). The van der Waals surface area contributed by atoms with E-state index in [-0.39, 0.29) is 53.9 Å². The van der Waals surface area contributed by atoms with Gasteiger partial charge in [-0.3, -0.25) is 9.52 Å². The van der Waals surface area contributed by atoms with Crippen molar-refractivity contribution in [3.63, 3.8) is 0 Å². The number of anilines is 2. The van der Waals surface area contributed by atoms with Crippen LogP contribution in [0.25, 0.3) is 0 Å². The molecule has 0 saturated carbocycles. The van der Waals surface area contributed by atoms with Gasteiger partial charge in [0.25, 0.3) is 15.9 Å². The lowest BCUT2D eigenvalue weighted by molar-refractivity contribution is -0.0115. The number of carbonyl (C=O) groups is 2. The SMILES string of the molecule is COc1ccc(NC(=O)N(C)C[C@@H]2OCCCC[C@H](C)Oc3ccc(NS(=O)(=O)c4ccc(Cl)cc4)cc3C(=O)N([C@@H](C)CO)C[C@@H]2C)cc1. The number of sulfonamides is 1. The molecule has 3 aromatic rings. The maximum atomic E-state index is 14.4. The summed E-state index contributed by atoms with van der Waals surface area (Å²) in [7, 11) is -0.745. The fraction of sp³-hybridized carbons (Fsp3) is 0.444. The molecular weight excluding hydrogens is 684 g/mol. The summed E-state index contributed by atoms with van der Waals surface area (Å²) in [6.07, 6.45) is 1.53. The highest BCUT2D eigenvalue weighted by molar-refractivity contribution is 7.92. The van der Waals surface area contributed by atoms with Gasteiger partial charge in [-0.15, -0.1) is 0 Å². The lowest BCUT2D eigenvalue weighted by Crippen LogP contribution is -2.48. The van der Waals surface area contributed by atoms with E-state index in [1.165, 1.54) is 35.2 Å². The summed E-state index contributed by atoms with van der Waals surface area (Å²) < 4.78 is 46.7. The van der Waals surface area contributed by atoms with Gasteiger partial charge in [0.2, 0.25) is 0 Å². The van der Waals surface area contributed by atoms with Gasteiger partial charge in [-0.1, -0.05) is 18.5 Å². The number of aliphatic hydroxyl groups is 1. The van der Waals surface area contributed by atoms with E-state index in [4.69, 9.17) is 25.8 Å². The van der Waals surface area contributed by atoms with Gasteiger partial charge in [-0.2, -0.15) is 0 Å². The predicted octanol–water partition coefficient (Wildman–Crippen LogP) is 6.11. The molecule has 272 valence electrons. The Kier molecular flexibility index (Phi) is 13.8. The molecule has 0 aromatic heterocycles. The number of nitrogens with zero attached hydrogens (tertiary/aromatic N) is 2. The molecule has 0 saturated heterocycles. The summed E-state index contributed by atoms with van der Waals surface area (Å²) in [5.74, 6) is 0.254. The van der Waals surface area contributed by atoms with E-state index in [1.54, 1.807) is 62.4 Å². The Morgan fingerprint density at radius 1 is 1.08 bits per heavy atom. The number of hydrogen-bond donors (Lipinski definition) is 3. The van der Waals surface area contributed by atoms with Crippen LogP contribution in [0.1, 0.15) is 50.4 Å². The van der Waals surface area contributed by atoms with E-state index < -0.39 is 28.1 Å². The number of methoxy groups -OCH3 is 1. The van der Waals surface area contributed by atoms with Gasteiger partial charge in [-0.05, 0) is 99.8 Å². The van der Waals surface area contributed by atoms with E-state index in [0.717, 1.165) is 12.8 Å². The van der Waals surface area contributed by atoms with Crippen molar-refractivity contribution >= 4 is 44.9 Å². The normalized spacial score (nSPS) is 19.7. The minimum Gasteiger partial charge on any atom is -0.497 e. The number of nitrogens with one attached hydrogen (secondary N) is 2. The Balaban J connectivity index is 1.61. The molecule has 14 heteroatoms. The van der Waals surface area contributed by atoms with Crippen LogP contribution in [-0.4, -0.2) is 94.0 Å². The zero-order valence-corrected chi connectivity index (χ0v) is 30.7. The van der Waals surface area contributed by atoms with E-state index in [1.807, 2.05) is 13.8 Å². The first kappa shape index (κ1) is 38.8. The van der Waals surface area contributed by atoms with Gasteiger partial charge in [0, 0.05) is 49.1 Å². The first-order valence-corrected chi connectivity index (χ1v) is 18.5. The molecular formula is C36H47ClN4O8S. The summed E-state index contributed by atoms with van der Waals surface area (Å²) in [6, 6.07) is 16.4. The average Bonchev–Trinajstić information content (AvgIpc) is 3.09. The third-order valence-electron chi connectivity index (χ3n) is 8.57. The Labute approximate surface area is 299 Å². The molecule has 1 aliphatic heterocycles. The molecule has 3 amide bonds. The molecule has 1 aliphatic rings. The molecule has 3 N–H and O–H groups in total. The molecule has 12 nitrogen and oxygen atoms in total. The van der Waals surface area contributed by atoms with Crippen molar-refractivity contribution in [1.82, 2.24) is 9.80 Å². The summed E-state index contributed by atoms with van der Waals surface area (Å²) in [6.45, 7) is 6.13. The Morgan fingerprint density at radius 3 is 2.42 bits per heavy atom. The summed E-state index contributed by atoms with van der Waals surface area (Å²) >= 11 is 5.95. The molecule has 0 spiro atoms. The van der Waals surface area contributed by atoms with E-state index >= 15 is 0 Å². The minimum absolute atomic E-state index is 0.0104. The summed E-state index contributed by atoms with van der Waals surface area (Å²) in [4.78, 5) is 30.6. The zero-order valence-electron chi connectivity index (χ0n) is 29.1. The van der Waals surface area contributed by atoms with Gasteiger partial charge in [0.05, 0.1) is 42.4 Å². The number of ether oxygens (including phenoxy) is 3. The van der Waals surface area contributed by atoms with E-state index in [9.17, 15) is 23.1 Å². The molecule has 0 fully saturated rings. The van der Waals surface area contributed by atoms with Crippen molar-refractivity contribution in [2.75, 3.05) is 50.5 Å². The van der Waals surface area contributed by atoms with Gasteiger partial charge in [0.1, 0.15) is 11.5 Å². The van der Waals surface area contributed by atoms with Crippen LogP contribution in [0.5, 0.6) is 11.5 Å². The Morgan fingerprint density at radius 2 is 1.76 bits per heavy atom. The molecule has 0 unspecified atom stereocenters. The van der Waals surface area contributed by atoms with Gasteiger partial charge >= 0.3 is 6.03 Å². The first-order chi connectivity index (χ1) is 23.8. The van der Waals surface area contributed by atoms with Gasteiger partial charge in [-0.25, -0.2) is 13.2 Å². The second-order valence-electron chi connectivity index (χ2n) is 12.6. The number of rotatable bonds is 9. The van der Waals surface area contributed by atoms with Crippen LogP contribution in [0.2, 0.25) is 5.02 Å². The average molecular weight is 731 g/mol. The van der Waals surface area contributed by atoms with E-state index in [0.29, 0.717) is 35.2 Å². The molecule has 0 bridgehead atoms. The number of likely N-dealkylation sites (N-methyl/N-ethyl adjacent to an activating group) is 1. The lowest BCUT2D eigenvalue weighted by atomic mass is 10.0. The number of urea groups is 1. The van der Waals surface area contributed by atoms with Crippen LogP contribution >= 0.6 is 11.6 Å². The van der Waals surface area contributed by atoms with Crippen molar-refractivity contribution in [3.8, 4) is 11.5 Å². The highest BCUT2D eigenvalue weighted by Gasteiger charge is 2.31. The number of benzene rings is 3. The largest absolute Gasteiger partial charge is 0.497 e. The second-order valence-corrected chi connectivity index (χ2v) is 14.7. The number of amides is 3. The first-order valence-electron chi connectivity index (χ1n) is 16.6. The third kappa shape index (κ3) is 10.5. The molecule has 1 heterocycles. The van der Waals surface area contributed by atoms with Crippen molar-refractivity contribution < 1.29 is 37.3 Å². The zero-order chi connectivity index (χ0) is 36.4. The fourth-order valence-electron chi connectivity index (χ4n) is 5.52. The van der Waals surface area contributed by atoms with E-state index in [2.05, 4.69) is 10.0 Å². The maximum absolute atomic E-state index is 14.4.